The predicted octanol–water partition coefficient (Wildman–Crippen LogP) is 3.60. The first-order valence-electron chi connectivity index (χ1n) is 5.93. The summed E-state index contributed by atoms with van der Waals surface area (Å²) in [5, 5.41) is 10.9. The van der Waals surface area contributed by atoms with Crippen molar-refractivity contribution < 1.29 is 9.90 Å². The molecule has 3 rings (SSSR count). The summed E-state index contributed by atoms with van der Waals surface area (Å²) in [6, 6.07) is 16.7. The molecule has 0 aliphatic carbocycles. The highest BCUT2D eigenvalue weighted by Gasteiger charge is 2.07. The maximum Gasteiger partial charge on any atom is 0.335 e. The van der Waals surface area contributed by atoms with Crippen LogP contribution in [0, 0.1) is 0 Å². The molecule has 0 atom stereocenters. The summed E-state index contributed by atoms with van der Waals surface area (Å²) in [5.74, 6) is -0.912. The zero-order chi connectivity index (χ0) is 13.2. The van der Waals surface area contributed by atoms with E-state index in [0.717, 1.165) is 22.0 Å². The summed E-state index contributed by atoms with van der Waals surface area (Å²) < 4.78 is 0. The van der Waals surface area contributed by atoms with Crippen molar-refractivity contribution in [2.24, 2.45) is 0 Å². The molecule has 19 heavy (non-hydrogen) atoms. The van der Waals surface area contributed by atoms with Gasteiger partial charge in [0.2, 0.25) is 0 Å². The van der Waals surface area contributed by atoms with Gasteiger partial charge in [0, 0.05) is 11.8 Å². The number of aromatic carboxylic acids is 1. The summed E-state index contributed by atoms with van der Waals surface area (Å²) in [7, 11) is 0. The Labute approximate surface area is 110 Å². The van der Waals surface area contributed by atoms with E-state index in [9.17, 15) is 4.79 Å². The van der Waals surface area contributed by atoms with Crippen LogP contribution in [0.1, 0.15) is 10.4 Å². The molecule has 1 heterocycles. The van der Waals surface area contributed by atoms with Crippen LogP contribution in [0.4, 0.5) is 0 Å². The molecule has 0 amide bonds. The van der Waals surface area contributed by atoms with Crippen LogP contribution in [0.3, 0.4) is 0 Å². The van der Waals surface area contributed by atoms with Gasteiger partial charge in [0.1, 0.15) is 0 Å². The van der Waals surface area contributed by atoms with E-state index in [1.165, 1.54) is 0 Å². The highest BCUT2D eigenvalue weighted by Crippen LogP contribution is 2.27. The summed E-state index contributed by atoms with van der Waals surface area (Å²) in [5.41, 5.74) is 2.19. The third-order valence-corrected chi connectivity index (χ3v) is 3.07. The highest BCUT2D eigenvalue weighted by molar-refractivity contribution is 6.00. The molecule has 1 aromatic heterocycles. The Morgan fingerprint density at radius 3 is 2.63 bits per heavy atom. The molecule has 2 aromatic carbocycles. The molecule has 1 N–H and O–H groups in total. The second-order valence-corrected chi connectivity index (χ2v) is 4.26. The Morgan fingerprint density at radius 2 is 1.89 bits per heavy atom. The molecule has 0 fully saturated rings. The van der Waals surface area contributed by atoms with Crippen LogP contribution in [0.25, 0.3) is 22.0 Å². The van der Waals surface area contributed by atoms with Crippen LogP contribution in [-0.2, 0) is 0 Å². The van der Waals surface area contributed by atoms with Gasteiger partial charge in [-0.2, -0.15) is 0 Å². The standard InChI is InChI=1S/C16H11NO2/c18-16(19)12-7-8-13-11(10-12)4-3-5-14(13)15-6-1-2-9-17-15/h1-10H,(H,18,19). The van der Waals surface area contributed by atoms with E-state index < -0.39 is 5.97 Å². The third kappa shape index (κ3) is 2.06. The number of carboxylic acids is 1. The fraction of sp³-hybridized carbons (Fsp3) is 0. The molecule has 0 aliphatic heterocycles. The van der Waals surface area contributed by atoms with E-state index in [1.54, 1.807) is 18.3 Å². The van der Waals surface area contributed by atoms with E-state index >= 15 is 0 Å². The molecule has 0 saturated heterocycles. The number of hydrogen-bond acceptors (Lipinski definition) is 2. The molecule has 0 bridgehead atoms. The number of fused-ring (bicyclic) bond motifs is 1. The van der Waals surface area contributed by atoms with Crippen LogP contribution in [0.2, 0.25) is 0 Å². The van der Waals surface area contributed by atoms with Gasteiger partial charge in [0.25, 0.3) is 0 Å². The average Bonchev–Trinajstić information content (AvgIpc) is 2.47. The van der Waals surface area contributed by atoms with Gasteiger partial charge < -0.3 is 5.11 Å². The minimum absolute atomic E-state index is 0.297. The number of nitrogens with zero attached hydrogens (tertiary/aromatic N) is 1. The number of rotatable bonds is 2. The Morgan fingerprint density at radius 1 is 1.00 bits per heavy atom. The molecule has 3 nitrogen and oxygen atoms in total. The Balaban J connectivity index is 2.25. The number of pyridine rings is 1. The minimum Gasteiger partial charge on any atom is -0.478 e. The largest absolute Gasteiger partial charge is 0.478 e. The molecular weight excluding hydrogens is 238 g/mol. The Bertz CT molecular complexity index is 751. The zero-order valence-electron chi connectivity index (χ0n) is 10.1. The summed E-state index contributed by atoms with van der Waals surface area (Å²) >= 11 is 0. The lowest BCUT2D eigenvalue weighted by molar-refractivity contribution is 0.0697. The normalized spacial score (nSPS) is 10.5. The van der Waals surface area contributed by atoms with Crippen molar-refractivity contribution in [1.29, 1.82) is 0 Å². The van der Waals surface area contributed by atoms with Crippen LogP contribution in [-0.4, -0.2) is 16.1 Å². The van der Waals surface area contributed by atoms with Crippen LogP contribution in [0.15, 0.2) is 60.8 Å². The third-order valence-electron chi connectivity index (χ3n) is 3.07. The number of hydrogen-bond donors (Lipinski definition) is 1. The zero-order valence-corrected chi connectivity index (χ0v) is 10.1. The van der Waals surface area contributed by atoms with Gasteiger partial charge in [-0.05, 0) is 35.0 Å². The first kappa shape index (κ1) is 11.4. The maximum atomic E-state index is 11.0. The first-order chi connectivity index (χ1) is 9.25. The molecule has 0 spiro atoms. The Kier molecular flexibility index (Phi) is 2.72. The van der Waals surface area contributed by atoms with E-state index in [-0.39, 0.29) is 0 Å². The van der Waals surface area contributed by atoms with Crippen molar-refractivity contribution in [2.75, 3.05) is 0 Å². The molecule has 0 saturated carbocycles. The lowest BCUT2D eigenvalue weighted by Crippen LogP contribution is -1.95. The maximum absolute atomic E-state index is 11.0. The molecule has 3 heteroatoms. The molecule has 92 valence electrons. The van der Waals surface area contributed by atoms with Gasteiger partial charge in [0.05, 0.1) is 11.3 Å². The van der Waals surface area contributed by atoms with Crippen molar-refractivity contribution in [1.82, 2.24) is 4.98 Å². The summed E-state index contributed by atoms with van der Waals surface area (Å²) in [4.78, 5) is 15.3. The fourth-order valence-electron chi connectivity index (χ4n) is 2.16. The monoisotopic (exact) mass is 249 g/mol. The molecule has 0 radical (unpaired) electrons. The first-order valence-corrected chi connectivity index (χ1v) is 5.93. The van der Waals surface area contributed by atoms with Crippen molar-refractivity contribution >= 4 is 16.7 Å². The van der Waals surface area contributed by atoms with E-state index in [0.29, 0.717) is 5.56 Å². The van der Waals surface area contributed by atoms with Gasteiger partial charge >= 0.3 is 5.97 Å². The number of aromatic nitrogens is 1. The van der Waals surface area contributed by atoms with Crippen molar-refractivity contribution in [3.8, 4) is 11.3 Å². The van der Waals surface area contributed by atoms with Gasteiger partial charge in [-0.3, -0.25) is 4.98 Å². The lowest BCUT2D eigenvalue weighted by atomic mass is 10.00. The van der Waals surface area contributed by atoms with Gasteiger partial charge in [-0.25, -0.2) is 4.79 Å². The van der Waals surface area contributed by atoms with E-state index in [1.807, 2.05) is 42.5 Å². The number of carbonyl (C=O) groups is 1. The second-order valence-electron chi connectivity index (χ2n) is 4.26. The van der Waals surface area contributed by atoms with Crippen LogP contribution < -0.4 is 0 Å². The Hall–Kier alpha value is -2.68. The number of benzene rings is 2. The van der Waals surface area contributed by atoms with Gasteiger partial charge in [0.15, 0.2) is 0 Å². The van der Waals surface area contributed by atoms with E-state index in [2.05, 4.69) is 4.98 Å². The van der Waals surface area contributed by atoms with Crippen molar-refractivity contribution in [3.63, 3.8) is 0 Å². The highest BCUT2D eigenvalue weighted by atomic mass is 16.4. The quantitative estimate of drug-likeness (QED) is 0.754. The van der Waals surface area contributed by atoms with E-state index in [4.69, 9.17) is 5.11 Å². The average molecular weight is 249 g/mol. The molecule has 3 aromatic rings. The van der Waals surface area contributed by atoms with Crippen molar-refractivity contribution in [2.45, 2.75) is 0 Å². The van der Waals surface area contributed by atoms with Crippen LogP contribution in [0.5, 0.6) is 0 Å². The van der Waals surface area contributed by atoms with Crippen molar-refractivity contribution in [3.05, 3.63) is 66.4 Å². The van der Waals surface area contributed by atoms with Gasteiger partial charge in [-0.1, -0.05) is 30.3 Å². The topological polar surface area (TPSA) is 50.2 Å². The molecule has 0 aliphatic rings. The fourth-order valence-corrected chi connectivity index (χ4v) is 2.16. The number of carboxylic acid groups (broad SMARTS) is 1. The van der Waals surface area contributed by atoms with Crippen LogP contribution >= 0.6 is 0 Å². The summed E-state index contributed by atoms with van der Waals surface area (Å²) in [6.45, 7) is 0. The predicted molar refractivity (Wildman–Crippen MR) is 74.1 cm³/mol. The molecular formula is C16H11NO2. The van der Waals surface area contributed by atoms with Gasteiger partial charge in [-0.15, -0.1) is 0 Å². The summed E-state index contributed by atoms with van der Waals surface area (Å²) in [6.07, 6.45) is 1.75. The lowest BCUT2D eigenvalue weighted by Gasteiger charge is -2.06. The second kappa shape index (κ2) is 4.53. The SMILES string of the molecule is O=C(O)c1ccc2c(-c3ccccn3)cccc2c1. The smallest absolute Gasteiger partial charge is 0.335 e. The minimum atomic E-state index is -0.912. The molecule has 0 unspecified atom stereocenters.